The average Bonchev–Trinajstić information content (AvgIpc) is 2.57. The van der Waals surface area contributed by atoms with Crippen molar-refractivity contribution in [1.29, 1.82) is 0 Å². The van der Waals surface area contributed by atoms with E-state index in [1.165, 1.54) is 19.1 Å². The first-order valence-corrected chi connectivity index (χ1v) is 7.84. The number of anilines is 1. The summed E-state index contributed by atoms with van der Waals surface area (Å²) in [7, 11) is 0. The maximum atomic E-state index is 13.0. The van der Waals surface area contributed by atoms with Crippen LogP contribution in [-0.4, -0.2) is 18.0 Å². The molecule has 2 rings (SSSR count). The fraction of sp³-hybridized carbons (Fsp3) is 0.222. The summed E-state index contributed by atoms with van der Waals surface area (Å²) in [6, 6.07) is 10.6. The molecular formula is C18H17ClFNO3. The van der Waals surface area contributed by atoms with Gasteiger partial charge in [-0.05, 0) is 49.2 Å². The summed E-state index contributed by atoms with van der Waals surface area (Å²) in [6.07, 6.45) is -0.156. The minimum Gasteiger partial charge on any atom is -0.449 e. The van der Waals surface area contributed by atoms with Crippen LogP contribution in [0.5, 0.6) is 0 Å². The second kappa shape index (κ2) is 7.93. The van der Waals surface area contributed by atoms with Crippen LogP contribution in [0, 0.1) is 5.82 Å². The summed E-state index contributed by atoms with van der Waals surface area (Å²) >= 11 is 5.85. The van der Waals surface area contributed by atoms with Crippen molar-refractivity contribution in [2.24, 2.45) is 0 Å². The zero-order chi connectivity index (χ0) is 17.7. The molecule has 4 nitrogen and oxygen atoms in total. The molecule has 24 heavy (non-hydrogen) atoms. The summed E-state index contributed by atoms with van der Waals surface area (Å²) < 4.78 is 18.1. The van der Waals surface area contributed by atoms with Gasteiger partial charge in [-0.3, -0.25) is 4.79 Å². The molecule has 0 aliphatic heterocycles. The van der Waals surface area contributed by atoms with E-state index in [2.05, 4.69) is 5.32 Å². The van der Waals surface area contributed by atoms with Crippen LogP contribution in [0.2, 0.25) is 5.02 Å². The molecule has 0 fully saturated rings. The van der Waals surface area contributed by atoms with Crippen LogP contribution in [-0.2, 0) is 16.0 Å². The Morgan fingerprint density at radius 3 is 2.46 bits per heavy atom. The van der Waals surface area contributed by atoms with Gasteiger partial charge in [-0.2, -0.15) is 0 Å². The SMILES string of the molecule is CCc1ccc(C(=O)O[C@H](C)C(=O)Nc2ccc(F)cc2Cl)cc1. The smallest absolute Gasteiger partial charge is 0.338 e. The summed E-state index contributed by atoms with van der Waals surface area (Å²) in [5.41, 5.74) is 1.72. The summed E-state index contributed by atoms with van der Waals surface area (Å²) in [5, 5.41) is 2.56. The molecular weight excluding hydrogens is 333 g/mol. The maximum absolute atomic E-state index is 13.0. The van der Waals surface area contributed by atoms with Gasteiger partial charge >= 0.3 is 5.97 Å². The molecule has 0 unspecified atom stereocenters. The highest BCUT2D eigenvalue weighted by atomic mass is 35.5. The average molecular weight is 350 g/mol. The van der Waals surface area contributed by atoms with Crippen LogP contribution in [0.1, 0.15) is 29.8 Å². The number of hydrogen-bond acceptors (Lipinski definition) is 3. The van der Waals surface area contributed by atoms with Crippen molar-refractivity contribution in [2.75, 3.05) is 5.32 Å². The van der Waals surface area contributed by atoms with Crippen LogP contribution in [0.25, 0.3) is 0 Å². The molecule has 1 atom stereocenters. The van der Waals surface area contributed by atoms with Crippen molar-refractivity contribution in [3.05, 3.63) is 64.4 Å². The quantitative estimate of drug-likeness (QED) is 0.822. The highest BCUT2D eigenvalue weighted by Crippen LogP contribution is 2.22. The van der Waals surface area contributed by atoms with Gasteiger partial charge < -0.3 is 10.1 Å². The van der Waals surface area contributed by atoms with E-state index in [4.69, 9.17) is 16.3 Å². The lowest BCUT2D eigenvalue weighted by Crippen LogP contribution is -2.30. The molecule has 0 saturated carbocycles. The minimum absolute atomic E-state index is 0.0667. The zero-order valence-corrected chi connectivity index (χ0v) is 14.1. The Labute approximate surface area is 144 Å². The van der Waals surface area contributed by atoms with Crippen molar-refractivity contribution in [2.45, 2.75) is 26.4 Å². The van der Waals surface area contributed by atoms with E-state index >= 15 is 0 Å². The number of ether oxygens (including phenoxy) is 1. The number of benzene rings is 2. The van der Waals surface area contributed by atoms with E-state index in [9.17, 15) is 14.0 Å². The molecule has 0 spiro atoms. The predicted molar refractivity (Wildman–Crippen MR) is 90.7 cm³/mol. The van der Waals surface area contributed by atoms with E-state index in [1.54, 1.807) is 12.1 Å². The lowest BCUT2D eigenvalue weighted by Gasteiger charge is -2.14. The molecule has 6 heteroatoms. The van der Waals surface area contributed by atoms with Gasteiger partial charge in [0.05, 0.1) is 16.3 Å². The lowest BCUT2D eigenvalue weighted by atomic mass is 10.1. The summed E-state index contributed by atoms with van der Waals surface area (Å²) in [4.78, 5) is 24.1. The van der Waals surface area contributed by atoms with Gasteiger partial charge in [0.15, 0.2) is 6.10 Å². The van der Waals surface area contributed by atoms with Crippen molar-refractivity contribution in [1.82, 2.24) is 0 Å². The van der Waals surface area contributed by atoms with Gasteiger partial charge in [-0.15, -0.1) is 0 Å². The van der Waals surface area contributed by atoms with Crippen molar-refractivity contribution in [3.63, 3.8) is 0 Å². The van der Waals surface area contributed by atoms with Gasteiger partial charge in [0.1, 0.15) is 5.82 Å². The largest absolute Gasteiger partial charge is 0.449 e. The molecule has 0 bridgehead atoms. The highest BCUT2D eigenvalue weighted by Gasteiger charge is 2.20. The van der Waals surface area contributed by atoms with Crippen LogP contribution in [0.4, 0.5) is 10.1 Å². The first-order chi connectivity index (χ1) is 11.4. The molecule has 0 aliphatic carbocycles. The number of nitrogens with one attached hydrogen (secondary N) is 1. The molecule has 0 aromatic heterocycles. The number of carbonyl (C=O) groups is 2. The van der Waals surface area contributed by atoms with E-state index < -0.39 is 23.8 Å². The van der Waals surface area contributed by atoms with E-state index in [0.29, 0.717) is 5.56 Å². The number of hydrogen-bond donors (Lipinski definition) is 1. The van der Waals surface area contributed by atoms with Gasteiger partial charge in [0.2, 0.25) is 0 Å². The fourth-order valence-electron chi connectivity index (χ4n) is 1.98. The van der Waals surface area contributed by atoms with Crippen molar-refractivity contribution in [3.8, 4) is 0 Å². The monoisotopic (exact) mass is 349 g/mol. The molecule has 0 radical (unpaired) electrons. The third kappa shape index (κ3) is 4.55. The van der Waals surface area contributed by atoms with Gasteiger partial charge in [-0.1, -0.05) is 30.7 Å². The third-order valence-electron chi connectivity index (χ3n) is 3.44. The third-order valence-corrected chi connectivity index (χ3v) is 3.75. The Hall–Kier alpha value is -2.40. The Kier molecular flexibility index (Phi) is 5.93. The molecule has 0 aliphatic rings. The number of esters is 1. The molecule has 0 heterocycles. The van der Waals surface area contributed by atoms with Gasteiger partial charge in [-0.25, -0.2) is 9.18 Å². The fourth-order valence-corrected chi connectivity index (χ4v) is 2.20. The summed E-state index contributed by atoms with van der Waals surface area (Å²) in [5.74, 6) is -1.65. The molecule has 2 aromatic carbocycles. The number of halogens is 2. The highest BCUT2D eigenvalue weighted by molar-refractivity contribution is 6.33. The standard InChI is InChI=1S/C18H17ClFNO3/c1-3-12-4-6-13(7-5-12)18(23)24-11(2)17(22)21-16-9-8-14(20)10-15(16)19/h4-11H,3H2,1-2H3,(H,21,22)/t11-/m1/s1. The van der Waals surface area contributed by atoms with Crippen LogP contribution in [0.3, 0.4) is 0 Å². The molecule has 126 valence electrons. The number of amides is 1. The molecule has 1 N–H and O–H groups in total. The maximum Gasteiger partial charge on any atom is 0.338 e. The van der Waals surface area contributed by atoms with Gasteiger partial charge in [0, 0.05) is 0 Å². The van der Waals surface area contributed by atoms with E-state index in [-0.39, 0.29) is 10.7 Å². The number of aryl methyl sites for hydroxylation is 1. The van der Waals surface area contributed by atoms with Crippen LogP contribution < -0.4 is 5.32 Å². The molecule has 1 amide bonds. The second-order valence-electron chi connectivity index (χ2n) is 5.21. The van der Waals surface area contributed by atoms with Crippen LogP contribution in [0.15, 0.2) is 42.5 Å². The van der Waals surface area contributed by atoms with Crippen LogP contribution >= 0.6 is 11.6 Å². The Bertz CT molecular complexity index is 746. The first-order valence-electron chi connectivity index (χ1n) is 7.46. The number of carbonyl (C=O) groups excluding carboxylic acids is 2. The van der Waals surface area contributed by atoms with E-state index in [0.717, 1.165) is 18.1 Å². The topological polar surface area (TPSA) is 55.4 Å². The zero-order valence-electron chi connectivity index (χ0n) is 13.3. The first kappa shape index (κ1) is 17.9. The van der Waals surface area contributed by atoms with Crippen molar-refractivity contribution < 1.29 is 18.7 Å². The second-order valence-corrected chi connectivity index (χ2v) is 5.62. The minimum atomic E-state index is -1.02. The Balaban J connectivity index is 1.98. The normalized spacial score (nSPS) is 11.7. The Morgan fingerprint density at radius 2 is 1.88 bits per heavy atom. The molecule has 0 saturated heterocycles. The lowest BCUT2D eigenvalue weighted by molar-refractivity contribution is -0.123. The van der Waals surface area contributed by atoms with Crippen molar-refractivity contribution >= 4 is 29.2 Å². The van der Waals surface area contributed by atoms with E-state index in [1.807, 2.05) is 19.1 Å². The molecule has 2 aromatic rings. The summed E-state index contributed by atoms with van der Waals surface area (Å²) in [6.45, 7) is 3.46. The number of rotatable bonds is 5. The van der Waals surface area contributed by atoms with Gasteiger partial charge in [0.25, 0.3) is 5.91 Å². The predicted octanol–water partition coefficient (Wildman–Crippen LogP) is 4.23. The Morgan fingerprint density at radius 1 is 1.21 bits per heavy atom.